The third-order valence-electron chi connectivity index (χ3n) is 3.39. The summed E-state index contributed by atoms with van der Waals surface area (Å²) >= 11 is 5.79. The van der Waals surface area contributed by atoms with Gasteiger partial charge in [-0.05, 0) is 37.8 Å². The van der Waals surface area contributed by atoms with Crippen LogP contribution in [-0.2, 0) is 4.79 Å². The van der Waals surface area contributed by atoms with E-state index in [9.17, 15) is 4.79 Å². The molecule has 0 bridgehead atoms. The van der Waals surface area contributed by atoms with Crippen LogP contribution in [0.4, 0.5) is 0 Å². The number of piperidine rings is 1. The smallest absolute Gasteiger partial charge is 0.222 e. The molecule has 2 fully saturated rings. The SMILES string of the molecule is O=C1CC(CCl)CN1CC1CCCNC1. The molecule has 2 saturated heterocycles. The van der Waals surface area contributed by atoms with Crippen LogP contribution in [0.3, 0.4) is 0 Å². The summed E-state index contributed by atoms with van der Waals surface area (Å²) in [6.07, 6.45) is 3.15. The quantitative estimate of drug-likeness (QED) is 0.736. The Bertz CT molecular complexity index is 229. The largest absolute Gasteiger partial charge is 0.342 e. The highest BCUT2D eigenvalue weighted by Crippen LogP contribution is 2.21. The third kappa shape index (κ3) is 2.85. The first kappa shape index (κ1) is 11.2. The summed E-state index contributed by atoms with van der Waals surface area (Å²) in [6.45, 7) is 4.00. The average Bonchev–Trinajstić information content (AvgIpc) is 2.61. The number of hydrogen-bond acceptors (Lipinski definition) is 2. The van der Waals surface area contributed by atoms with Crippen molar-refractivity contribution in [3.63, 3.8) is 0 Å². The van der Waals surface area contributed by atoms with Crippen molar-refractivity contribution in [1.29, 1.82) is 0 Å². The van der Waals surface area contributed by atoms with E-state index in [0.29, 0.717) is 30.0 Å². The van der Waals surface area contributed by atoms with E-state index < -0.39 is 0 Å². The first-order chi connectivity index (χ1) is 7.29. The molecule has 0 spiro atoms. The van der Waals surface area contributed by atoms with Crippen molar-refractivity contribution in [2.75, 3.05) is 32.1 Å². The molecule has 2 unspecified atom stereocenters. The zero-order valence-electron chi connectivity index (χ0n) is 9.04. The van der Waals surface area contributed by atoms with Gasteiger partial charge in [0.15, 0.2) is 0 Å². The molecular formula is C11H19ClN2O. The van der Waals surface area contributed by atoms with Crippen LogP contribution in [0, 0.1) is 11.8 Å². The summed E-state index contributed by atoms with van der Waals surface area (Å²) < 4.78 is 0. The molecule has 2 aliphatic rings. The molecule has 0 aliphatic carbocycles. The van der Waals surface area contributed by atoms with Gasteiger partial charge in [-0.2, -0.15) is 0 Å². The topological polar surface area (TPSA) is 32.3 Å². The van der Waals surface area contributed by atoms with Crippen LogP contribution in [0.25, 0.3) is 0 Å². The maximum absolute atomic E-state index is 11.7. The lowest BCUT2D eigenvalue weighted by Gasteiger charge is -2.27. The molecule has 86 valence electrons. The molecular weight excluding hydrogens is 212 g/mol. The first-order valence-corrected chi connectivity index (χ1v) is 6.37. The van der Waals surface area contributed by atoms with Crippen molar-refractivity contribution in [2.45, 2.75) is 19.3 Å². The summed E-state index contributed by atoms with van der Waals surface area (Å²) in [5.41, 5.74) is 0. The number of rotatable bonds is 3. The minimum Gasteiger partial charge on any atom is -0.342 e. The molecule has 0 radical (unpaired) electrons. The Balaban J connectivity index is 1.81. The molecule has 4 heteroatoms. The summed E-state index contributed by atoms with van der Waals surface area (Å²) in [5, 5.41) is 3.38. The Morgan fingerprint density at radius 2 is 2.33 bits per heavy atom. The summed E-state index contributed by atoms with van der Waals surface area (Å²) in [4.78, 5) is 13.7. The van der Waals surface area contributed by atoms with Crippen LogP contribution in [0.1, 0.15) is 19.3 Å². The highest BCUT2D eigenvalue weighted by molar-refractivity contribution is 6.18. The Morgan fingerprint density at radius 1 is 1.47 bits per heavy atom. The molecule has 2 heterocycles. The number of likely N-dealkylation sites (tertiary alicyclic amines) is 1. The van der Waals surface area contributed by atoms with Gasteiger partial charge in [0.25, 0.3) is 0 Å². The van der Waals surface area contributed by atoms with Gasteiger partial charge in [-0.3, -0.25) is 4.79 Å². The number of carbonyl (C=O) groups is 1. The standard InChI is InChI=1S/C11H19ClN2O/c12-5-10-4-11(15)14(8-10)7-9-2-1-3-13-6-9/h9-10,13H,1-8H2. The van der Waals surface area contributed by atoms with Gasteiger partial charge >= 0.3 is 0 Å². The van der Waals surface area contributed by atoms with Crippen molar-refractivity contribution < 1.29 is 4.79 Å². The fourth-order valence-corrected chi connectivity index (χ4v) is 2.73. The maximum Gasteiger partial charge on any atom is 0.222 e. The van der Waals surface area contributed by atoms with Gasteiger partial charge in [-0.25, -0.2) is 0 Å². The van der Waals surface area contributed by atoms with Crippen molar-refractivity contribution >= 4 is 17.5 Å². The number of alkyl halides is 1. The van der Waals surface area contributed by atoms with E-state index in [0.717, 1.165) is 26.2 Å². The van der Waals surface area contributed by atoms with Gasteiger partial charge in [0.2, 0.25) is 5.91 Å². The van der Waals surface area contributed by atoms with Crippen LogP contribution in [-0.4, -0.2) is 42.9 Å². The second kappa shape index (κ2) is 5.17. The first-order valence-electron chi connectivity index (χ1n) is 5.84. The van der Waals surface area contributed by atoms with E-state index in [2.05, 4.69) is 5.32 Å². The minimum absolute atomic E-state index is 0.297. The summed E-state index contributed by atoms with van der Waals surface area (Å²) in [6, 6.07) is 0. The Morgan fingerprint density at radius 3 is 2.93 bits per heavy atom. The van der Waals surface area contributed by atoms with Crippen LogP contribution in [0.15, 0.2) is 0 Å². The molecule has 2 rings (SSSR count). The number of nitrogens with one attached hydrogen (secondary N) is 1. The van der Waals surface area contributed by atoms with E-state index in [1.807, 2.05) is 4.90 Å². The maximum atomic E-state index is 11.7. The van der Waals surface area contributed by atoms with Crippen molar-refractivity contribution in [2.24, 2.45) is 11.8 Å². The predicted molar refractivity (Wildman–Crippen MR) is 61.0 cm³/mol. The molecule has 1 N–H and O–H groups in total. The highest BCUT2D eigenvalue weighted by atomic mass is 35.5. The Labute approximate surface area is 96.2 Å². The minimum atomic E-state index is 0.297. The zero-order valence-corrected chi connectivity index (χ0v) is 9.80. The highest BCUT2D eigenvalue weighted by Gasteiger charge is 2.30. The Hall–Kier alpha value is -0.280. The van der Waals surface area contributed by atoms with Crippen molar-refractivity contribution in [3.05, 3.63) is 0 Å². The van der Waals surface area contributed by atoms with Gasteiger partial charge in [0.05, 0.1) is 0 Å². The summed E-state index contributed by atoms with van der Waals surface area (Å²) in [5.74, 6) is 1.95. The van der Waals surface area contributed by atoms with Gasteiger partial charge in [-0.1, -0.05) is 0 Å². The molecule has 0 saturated carbocycles. The molecule has 3 nitrogen and oxygen atoms in total. The van der Waals surface area contributed by atoms with Gasteiger partial charge in [0.1, 0.15) is 0 Å². The van der Waals surface area contributed by atoms with Crippen molar-refractivity contribution in [1.82, 2.24) is 10.2 Å². The predicted octanol–water partition coefficient (Wildman–Crippen LogP) is 1.07. The zero-order chi connectivity index (χ0) is 10.7. The van der Waals surface area contributed by atoms with E-state index in [-0.39, 0.29) is 0 Å². The van der Waals surface area contributed by atoms with E-state index in [4.69, 9.17) is 11.6 Å². The second-order valence-corrected chi connectivity index (χ2v) is 5.04. The molecule has 0 aromatic rings. The lowest BCUT2D eigenvalue weighted by Crippen LogP contribution is -2.39. The normalized spacial score (nSPS) is 32.3. The molecule has 2 atom stereocenters. The number of halogens is 1. The number of hydrogen-bond donors (Lipinski definition) is 1. The molecule has 2 aliphatic heterocycles. The lowest BCUT2D eigenvalue weighted by molar-refractivity contribution is -0.128. The Kier molecular flexibility index (Phi) is 3.87. The van der Waals surface area contributed by atoms with Crippen LogP contribution >= 0.6 is 11.6 Å². The number of carbonyl (C=O) groups excluding carboxylic acids is 1. The molecule has 0 aromatic heterocycles. The van der Waals surface area contributed by atoms with E-state index >= 15 is 0 Å². The van der Waals surface area contributed by atoms with Crippen LogP contribution in [0.2, 0.25) is 0 Å². The average molecular weight is 231 g/mol. The third-order valence-corrected chi connectivity index (χ3v) is 3.83. The summed E-state index contributed by atoms with van der Waals surface area (Å²) in [7, 11) is 0. The molecule has 1 amide bonds. The van der Waals surface area contributed by atoms with Crippen molar-refractivity contribution in [3.8, 4) is 0 Å². The molecule has 0 aromatic carbocycles. The monoisotopic (exact) mass is 230 g/mol. The lowest BCUT2D eigenvalue weighted by atomic mass is 9.99. The van der Waals surface area contributed by atoms with E-state index in [1.165, 1.54) is 12.8 Å². The van der Waals surface area contributed by atoms with Gasteiger partial charge < -0.3 is 10.2 Å². The van der Waals surface area contributed by atoms with Gasteiger partial charge in [-0.15, -0.1) is 11.6 Å². The van der Waals surface area contributed by atoms with Crippen LogP contribution < -0.4 is 5.32 Å². The fraction of sp³-hybridized carbons (Fsp3) is 0.909. The van der Waals surface area contributed by atoms with Gasteiger partial charge in [0, 0.05) is 25.4 Å². The fourth-order valence-electron chi connectivity index (χ4n) is 2.53. The molecule has 15 heavy (non-hydrogen) atoms. The number of nitrogens with zero attached hydrogens (tertiary/aromatic N) is 1. The second-order valence-electron chi connectivity index (χ2n) is 4.74. The van der Waals surface area contributed by atoms with E-state index in [1.54, 1.807) is 0 Å². The van der Waals surface area contributed by atoms with Crippen LogP contribution in [0.5, 0.6) is 0 Å². The number of amides is 1.